The smallest absolute Gasteiger partial charge is 0.346 e. The topological polar surface area (TPSA) is 46.1 Å². The van der Waals surface area contributed by atoms with Crippen molar-refractivity contribution in [2.45, 2.75) is 38.8 Å². The number of imidazole rings is 1. The highest BCUT2D eigenvalue weighted by atomic mass is 16.4. The van der Waals surface area contributed by atoms with Crippen molar-refractivity contribution in [3.05, 3.63) is 18.7 Å². The Bertz CT molecular complexity index is 340. The van der Waals surface area contributed by atoms with E-state index in [0.717, 1.165) is 12.5 Å². The Morgan fingerprint density at radius 3 is 2.87 bits per heavy atom. The molecule has 0 atom stereocenters. The quantitative estimate of drug-likeness (QED) is 0.753. The highest BCUT2D eigenvalue weighted by molar-refractivity contribution is 5.64. The predicted octanol–water partition coefficient (Wildman–Crippen LogP) is 1.05. The molecular weight excluding hydrogens is 192 g/mol. The number of hydrogen-bond acceptors (Lipinski definition) is 1. The summed E-state index contributed by atoms with van der Waals surface area (Å²) in [5.41, 5.74) is 0. The van der Waals surface area contributed by atoms with Gasteiger partial charge in [0.05, 0.1) is 6.54 Å². The fourth-order valence-electron chi connectivity index (χ4n) is 2.29. The third kappa shape index (κ3) is 2.81. The van der Waals surface area contributed by atoms with Gasteiger partial charge in [0.2, 0.25) is 6.33 Å². The molecule has 82 valence electrons. The van der Waals surface area contributed by atoms with Crippen LogP contribution in [0.1, 0.15) is 25.7 Å². The highest BCUT2D eigenvalue weighted by Crippen LogP contribution is 2.25. The van der Waals surface area contributed by atoms with Gasteiger partial charge in [-0.1, -0.05) is 12.8 Å². The van der Waals surface area contributed by atoms with E-state index in [4.69, 9.17) is 5.11 Å². The molecule has 0 saturated heterocycles. The number of rotatable bonds is 4. The van der Waals surface area contributed by atoms with Crippen LogP contribution in [0.25, 0.3) is 0 Å². The molecule has 1 aliphatic carbocycles. The monoisotopic (exact) mass is 209 g/mol. The van der Waals surface area contributed by atoms with Gasteiger partial charge in [-0.05, 0) is 18.8 Å². The number of nitrogens with zero attached hydrogens (tertiary/aromatic N) is 2. The van der Waals surface area contributed by atoms with Gasteiger partial charge in [0.15, 0.2) is 6.54 Å². The first-order chi connectivity index (χ1) is 7.24. The molecule has 1 N–H and O–H groups in total. The molecule has 1 fully saturated rings. The zero-order chi connectivity index (χ0) is 10.7. The van der Waals surface area contributed by atoms with Crippen molar-refractivity contribution in [1.82, 2.24) is 4.57 Å². The summed E-state index contributed by atoms with van der Waals surface area (Å²) in [7, 11) is 0. The average molecular weight is 209 g/mol. The van der Waals surface area contributed by atoms with Crippen LogP contribution < -0.4 is 4.57 Å². The minimum absolute atomic E-state index is 0.0532. The van der Waals surface area contributed by atoms with Crippen LogP contribution in [0.15, 0.2) is 18.7 Å². The SMILES string of the molecule is O=C(O)C[n+]1ccn(CC2CCCC2)c1. The van der Waals surface area contributed by atoms with Gasteiger partial charge in [0, 0.05) is 0 Å². The van der Waals surface area contributed by atoms with Gasteiger partial charge in [0.25, 0.3) is 0 Å². The number of carbonyl (C=O) groups is 1. The van der Waals surface area contributed by atoms with Gasteiger partial charge >= 0.3 is 5.97 Å². The van der Waals surface area contributed by atoms with Crippen LogP contribution in [-0.2, 0) is 17.9 Å². The van der Waals surface area contributed by atoms with Gasteiger partial charge in [-0.25, -0.2) is 13.9 Å². The molecule has 0 aromatic carbocycles. The molecule has 1 aromatic heterocycles. The first kappa shape index (κ1) is 10.2. The van der Waals surface area contributed by atoms with Crippen molar-refractivity contribution in [2.24, 2.45) is 5.92 Å². The molecule has 1 aromatic rings. The molecule has 0 aliphatic heterocycles. The number of hydrogen-bond donors (Lipinski definition) is 1. The first-order valence-corrected chi connectivity index (χ1v) is 5.50. The van der Waals surface area contributed by atoms with Crippen molar-refractivity contribution in [1.29, 1.82) is 0 Å². The van der Waals surface area contributed by atoms with E-state index in [-0.39, 0.29) is 6.54 Å². The maximum atomic E-state index is 10.5. The number of carboxylic acid groups (broad SMARTS) is 1. The molecule has 0 amide bonds. The van der Waals surface area contributed by atoms with Crippen LogP contribution in [0.4, 0.5) is 0 Å². The normalized spacial score (nSPS) is 17.1. The second-order valence-corrected chi connectivity index (χ2v) is 4.33. The molecule has 1 heterocycles. The third-order valence-electron chi connectivity index (χ3n) is 3.01. The second kappa shape index (κ2) is 4.47. The van der Waals surface area contributed by atoms with Crippen LogP contribution in [0.2, 0.25) is 0 Å². The fourth-order valence-corrected chi connectivity index (χ4v) is 2.29. The Hall–Kier alpha value is -1.32. The van der Waals surface area contributed by atoms with E-state index in [1.165, 1.54) is 25.7 Å². The number of carboxylic acids is 1. The van der Waals surface area contributed by atoms with Gasteiger partial charge in [0.1, 0.15) is 12.4 Å². The zero-order valence-electron chi connectivity index (χ0n) is 8.80. The summed E-state index contributed by atoms with van der Waals surface area (Å²) in [5.74, 6) is -0.00528. The van der Waals surface area contributed by atoms with Crippen molar-refractivity contribution in [3.63, 3.8) is 0 Å². The number of aliphatic carboxylic acids is 1. The summed E-state index contributed by atoms with van der Waals surface area (Å²) >= 11 is 0. The summed E-state index contributed by atoms with van der Waals surface area (Å²) in [4.78, 5) is 10.5. The predicted molar refractivity (Wildman–Crippen MR) is 54.2 cm³/mol. The van der Waals surface area contributed by atoms with Crippen LogP contribution in [0.5, 0.6) is 0 Å². The average Bonchev–Trinajstić information content (AvgIpc) is 2.77. The van der Waals surface area contributed by atoms with E-state index in [1.54, 1.807) is 4.57 Å². The molecule has 0 unspecified atom stereocenters. The molecule has 4 nitrogen and oxygen atoms in total. The third-order valence-corrected chi connectivity index (χ3v) is 3.01. The lowest BCUT2D eigenvalue weighted by Gasteiger charge is -2.03. The molecular formula is C11H17N2O2+. The van der Waals surface area contributed by atoms with Crippen molar-refractivity contribution in [2.75, 3.05) is 0 Å². The maximum absolute atomic E-state index is 10.5. The van der Waals surface area contributed by atoms with E-state index in [2.05, 4.69) is 4.57 Å². The largest absolute Gasteiger partial charge is 0.478 e. The molecule has 0 bridgehead atoms. The van der Waals surface area contributed by atoms with Crippen molar-refractivity contribution >= 4 is 5.97 Å². The van der Waals surface area contributed by atoms with Crippen LogP contribution in [0.3, 0.4) is 0 Å². The van der Waals surface area contributed by atoms with E-state index in [9.17, 15) is 4.79 Å². The van der Waals surface area contributed by atoms with Gasteiger partial charge in [-0.2, -0.15) is 0 Å². The molecule has 0 spiro atoms. The lowest BCUT2D eigenvalue weighted by molar-refractivity contribution is -0.685. The van der Waals surface area contributed by atoms with Gasteiger partial charge in [-0.15, -0.1) is 0 Å². The van der Waals surface area contributed by atoms with Gasteiger partial charge < -0.3 is 5.11 Å². The van der Waals surface area contributed by atoms with Crippen LogP contribution in [0, 0.1) is 5.92 Å². The summed E-state index contributed by atoms with van der Waals surface area (Å²) < 4.78 is 3.80. The summed E-state index contributed by atoms with van der Waals surface area (Å²) in [5, 5.41) is 8.63. The second-order valence-electron chi connectivity index (χ2n) is 4.33. The Morgan fingerprint density at radius 1 is 1.47 bits per heavy atom. The number of aromatic nitrogens is 2. The molecule has 0 radical (unpaired) electrons. The summed E-state index contributed by atoms with van der Waals surface area (Å²) in [6, 6.07) is 0. The lowest BCUT2D eigenvalue weighted by atomic mass is 10.1. The fraction of sp³-hybridized carbons (Fsp3) is 0.636. The maximum Gasteiger partial charge on any atom is 0.346 e. The summed E-state index contributed by atoms with van der Waals surface area (Å²) in [6.07, 6.45) is 11.0. The molecule has 1 saturated carbocycles. The lowest BCUT2D eigenvalue weighted by Crippen LogP contribution is -2.35. The van der Waals surface area contributed by atoms with Crippen molar-refractivity contribution in [3.8, 4) is 0 Å². The summed E-state index contributed by atoms with van der Waals surface area (Å²) in [6.45, 7) is 1.09. The van der Waals surface area contributed by atoms with E-state index >= 15 is 0 Å². The molecule has 1 aliphatic rings. The Kier molecular flexibility index (Phi) is 3.04. The minimum Gasteiger partial charge on any atom is -0.478 e. The molecule has 4 heteroatoms. The first-order valence-electron chi connectivity index (χ1n) is 5.50. The Morgan fingerprint density at radius 2 is 2.20 bits per heavy atom. The van der Waals surface area contributed by atoms with E-state index in [1.807, 2.05) is 18.7 Å². The Labute approximate surface area is 89.1 Å². The van der Waals surface area contributed by atoms with Crippen LogP contribution >= 0.6 is 0 Å². The standard InChI is InChI=1S/C11H16N2O2/c14-11(15)8-13-6-5-12(9-13)7-10-3-1-2-4-10/h5-6,9-10H,1-4,7-8H2/p+1. The van der Waals surface area contributed by atoms with E-state index in [0.29, 0.717) is 0 Å². The molecule has 15 heavy (non-hydrogen) atoms. The Balaban J connectivity index is 1.91. The van der Waals surface area contributed by atoms with Crippen LogP contribution in [-0.4, -0.2) is 15.6 Å². The van der Waals surface area contributed by atoms with Crippen molar-refractivity contribution < 1.29 is 14.5 Å². The molecule has 2 rings (SSSR count). The van der Waals surface area contributed by atoms with E-state index < -0.39 is 5.97 Å². The zero-order valence-corrected chi connectivity index (χ0v) is 8.80. The minimum atomic E-state index is -0.793. The highest BCUT2D eigenvalue weighted by Gasteiger charge is 2.18. The van der Waals surface area contributed by atoms with Gasteiger partial charge in [-0.3, -0.25) is 0 Å².